The lowest BCUT2D eigenvalue weighted by molar-refractivity contribution is 0.316. The summed E-state index contributed by atoms with van der Waals surface area (Å²) in [4.78, 5) is 4.09. The van der Waals surface area contributed by atoms with E-state index in [0.29, 0.717) is 13.0 Å². The number of nitrogens with zero attached hydrogens (tertiary/aromatic N) is 4. The van der Waals surface area contributed by atoms with Crippen molar-refractivity contribution in [2.24, 2.45) is 17.9 Å². The van der Waals surface area contributed by atoms with E-state index < -0.39 is 0 Å². The molecule has 1 rings (SSSR count). The van der Waals surface area contributed by atoms with Gasteiger partial charge in [-0.2, -0.15) is 5.10 Å². The molecule has 0 atom stereocenters. The Hall–Kier alpha value is -1.63. The second kappa shape index (κ2) is 6.78. The van der Waals surface area contributed by atoms with Crippen molar-refractivity contribution in [2.75, 3.05) is 6.54 Å². The molecule has 0 saturated heterocycles. The van der Waals surface area contributed by atoms with E-state index in [-0.39, 0.29) is 5.84 Å². The predicted octanol–water partition coefficient (Wildman–Crippen LogP) is -0.179. The van der Waals surface area contributed by atoms with E-state index in [1.165, 1.54) is 0 Å². The molecular formula is C9H18N6O. The summed E-state index contributed by atoms with van der Waals surface area (Å²) in [5, 5.41) is 18.6. The highest BCUT2D eigenvalue weighted by Gasteiger charge is 1.97. The zero-order valence-corrected chi connectivity index (χ0v) is 9.43. The minimum absolute atomic E-state index is 0.284. The highest BCUT2D eigenvalue weighted by molar-refractivity contribution is 5.79. The minimum atomic E-state index is 0.284. The molecule has 0 bridgehead atoms. The van der Waals surface area contributed by atoms with Crippen LogP contribution in [0.4, 0.5) is 0 Å². The molecule has 1 heterocycles. The van der Waals surface area contributed by atoms with Gasteiger partial charge in [0.15, 0.2) is 5.82 Å². The van der Waals surface area contributed by atoms with Crippen molar-refractivity contribution in [2.45, 2.75) is 25.8 Å². The fourth-order valence-electron chi connectivity index (χ4n) is 1.27. The predicted molar refractivity (Wildman–Crippen MR) is 60.0 cm³/mol. The van der Waals surface area contributed by atoms with Gasteiger partial charge in [0.25, 0.3) is 0 Å². The highest BCUT2D eigenvalue weighted by atomic mass is 16.4. The van der Waals surface area contributed by atoms with Gasteiger partial charge >= 0.3 is 0 Å². The van der Waals surface area contributed by atoms with Crippen LogP contribution in [-0.4, -0.2) is 32.4 Å². The zero-order chi connectivity index (χ0) is 11.8. The maximum atomic E-state index is 8.32. The van der Waals surface area contributed by atoms with Crippen LogP contribution in [0.15, 0.2) is 11.5 Å². The maximum Gasteiger partial charge on any atom is 0.164 e. The summed E-state index contributed by atoms with van der Waals surface area (Å²) in [7, 11) is 1.84. The smallest absolute Gasteiger partial charge is 0.164 e. The van der Waals surface area contributed by atoms with E-state index in [4.69, 9.17) is 10.9 Å². The average molecular weight is 226 g/mol. The second-order valence-electron chi connectivity index (χ2n) is 3.56. The van der Waals surface area contributed by atoms with Gasteiger partial charge in [-0.05, 0) is 19.4 Å². The number of aromatic nitrogens is 3. The quantitative estimate of drug-likeness (QED) is 0.197. The van der Waals surface area contributed by atoms with Gasteiger partial charge in [0.05, 0.1) is 6.54 Å². The molecule has 0 saturated carbocycles. The van der Waals surface area contributed by atoms with Crippen LogP contribution in [0.2, 0.25) is 0 Å². The summed E-state index contributed by atoms with van der Waals surface area (Å²) in [6.45, 7) is 1.54. The molecule has 1 aromatic heterocycles. The van der Waals surface area contributed by atoms with Gasteiger partial charge in [-0.25, -0.2) is 4.98 Å². The SMILES string of the molecule is Cn1cnc(CNCCCCC(N)=NO)n1. The first-order valence-electron chi connectivity index (χ1n) is 5.24. The molecule has 0 fully saturated rings. The van der Waals surface area contributed by atoms with Gasteiger partial charge in [-0.1, -0.05) is 5.16 Å². The van der Waals surface area contributed by atoms with E-state index in [1.807, 2.05) is 7.05 Å². The van der Waals surface area contributed by atoms with Crippen molar-refractivity contribution < 1.29 is 5.21 Å². The first-order chi connectivity index (χ1) is 7.72. The van der Waals surface area contributed by atoms with Gasteiger partial charge in [0, 0.05) is 13.5 Å². The number of rotatable bonds is 7. The molecule has 0 spiro atoms. The van der Waals surface area contributed by atoms with Crippen molar-refractivity contribution in [3.05, 3.63) is 12.2 Å². The number of nitrogens with two attached hydrogens (primary N) is 1. The number of hydrogen-bond acceptors (Lipinski definition) is 5. The molecular weight excluding hydrogens is 208 g/mol. The molecule has 16 heavy (non-hydrogen) atoms. The Morgan fingerprint density at radius 3 is 3.06 bits per heavy atom. The zero-order valence-electron chi connectivity index (χ0n) is 9.43. The number of aryl methyl sites for hydroxylation is 1. The van der Waals surface area contributed by atoms with Crippen LogP contribution >= 0.6 is 0 Å². The van der Waals surface area contributed by atoms with Gasteiger partial charge in [-0.15, -0.1) is 0 Å². The standard InChI is InChI=1S/C9H18N6O/c1-15-7-12-9(13-15)6-11-5-3-2-4-8(10)14-16/h7,11,16H,2-6H2,1H3,(H2,10,14). The molecule has 0 radical (unpaired) electrons. The third-order valence-electron chi connectivity index (χ3n) is 2.10. The van der Waals surface area contributed by atoms with Crippen LogP contribution in [0.3, 0.4) is 0 Å². The Labute approximate surface area is 94.3 Å². The summed E-state index contributed by atoms with van der Waals surface area (Å²) < 4.78 is 1.68. The third-order valence-corrected chi connectivity index (χ3v) is 2.10. The van der Waals surface area contributed by atoms with Crippen LogP contribution < -0.4 is 11.1 Å². The lowest BCUT2D eigenvalue weighted by Gasteiger charge is -2.01. The topological polar surface area (TPSA) is 101 Å². The number of amidine groups is 1. The summed E-state index contributed by atoms with van der Waals surface area (Å²) in [6, 6.07) is 0. The maximum absolute atomic E-state index is 8.32. The van der Waals surface area contributed by atoms with Gasteiger partial charge in [0.2, 0.25) is 0 Å². The van der Waals surface area contributed by atoms with Gasteiger partial charge in [-0.3, -0.25) is 4.68 Å². The first kappa shape index (κ1) is 12.4. The van der Waals surface area contributed by atoms with E-state index in [2.05, 4.69) is 20.6 Å². The van der Waals surface area contributed by atoms with Crippen molar-refractivity contribution in [3.63, 3.8) is 0 Å². The van der Waals surface area contributed by atoms with E-state index >= 15 is 0 Å². The number of nitrogens with one attached hydrogen (secondary N) is 1. The molecule has 7 heteroatoms. The fraction of sp³-hybridized carbons (Fsp3) is 0.667. The van der Waals surface area contributed by atoms with Crippen LogP contribution in [0.1, 0.15) is 25.1 Å². The van der Waals surface area contributed by atoms with E-state index in [9.17, 15) is 0 Å². The van der Waals surface area contributed by atoms with Crippen molar-refractivity contribution >= 4 is 5.84 Å². The number of unbranched alkanes of at least 4 members (excludes halogenated alkanes) is 1. The minimum Gasteiger partial charge on any atom is -0.409 e. The van der Waals surface area contributed by atoms with Crippen molar-refractivity contribution in [1.29, 1.82) is 0 Å². The van der Waals surface area contributed by atoms with Crippen molar-refractivity contribution in [1.82, 2.24) is 20.1 Å². The summed E-state index contributed by atoms with van der Waals surface area (Å²) in [5.74, 6) is 1.07. The second-order valence-corrected chi connectivity index (χ2v) is 3.56. The fourth-order valence-corrected chi connectivity index (χ4v) is 1.27. The van der Waals surface area contributed by atoms with E-state index in [1.54, 1.807) is 11.0 Å². The molecule has 0 aliphatic rings. The third kappa shape index (κ3) is 4.74. The molecule has 0 aliphatic carbocycles. The molecule has 0 aromatic carbocycles. The Kier molecular flexibility index (Phi) is 5.27. The lowest BCUT2D eigenvalue weighted by Crippen LogP contribution is -2.17. The number of oxime groups is 1. The average Bonchev–Trinajstić information content (AvgIpc) is 2.69. The van der Waals surface area contributed by atoms with E-state index in [0.717, 1.165) is 25.2 Å². The molecule has 0 aliphatic heterocycles. The summed E-state index contributed by atoms with van der Waals surface area (Å²) >= 11 is 0. The van der Waals surface area contributed by atoms with Gasteiger partial charge < -0.3 is 16.3 Å². The lowest BCUT2D eigenvalue weighted by atomic mass is 10.2. The molecule has 1 aromatic rings. The molecule has 90 valence electrons. The van der Waals surface area contributed by atoms with Crippen LogP contribution in [0, 0.1) is 0 Å². The van der Waals surface area contributed by atoms with Crippen molar-refractivity contribution in [3.8, 4) is 0 Å². The highest BCUT2D eigenvalue weighted by Crippen LogP contribution is 1.94. The Bertz CT molecular complexity index is 334. The molecule has 7 nitrogen and oxygen atoms in total. The Morgan fingerprint density at radius 1 is 1.62 bits per heavy atom. The monoisotopic (exact) mass is 226 g/mol. The van der Waals surface area contributed by atoms with Gasteiger partial charge in [0.1, 0.15) is 12.2 Å². The molecule has 4 N–H and O–H groups in total. The molecule has 0 amide bonds. The number of hydrogen-bond donors (Lipinski definition) is 3. The van der Waals surface area contributed by atoms with Crippen LogP contribution in [0.25, 0.3) is 0 Å². The first-order valence-corrected chi connectivity index (χ1v) is 5.24. The normalized spacial score (nSPS) is 11.9. The summed E-state index contributed by atoms with van der Waals surface area (Å²) in [6.07, 6.45) is 4.18. The largest absolute Gasteiger partial charge is 0.409 e. The Morgan fingerprint density at radius 2 is 2.44 bits per heavy atom. The van der Waals surface area contributed by atoms with Crippen LogP contribution in [0.5, 0.6) is 0 Å². The Balaban J connectivity index is 2.00. The van der Waals surface area contributed by atoms with Crippen LogP contribution in [-0.2, 0) is 13.6 Å². The molecule has 0 unspecified atom stereocenters. The summed E-state index contributed by atoms with van der Waals surface area (Å²) in [5.41, 5.74) is 5.34.